The van der Waals surface area contributed by atoms with Crippen molar-refractivity contribution >= 4 is 29.1 Å². The van der Waals surface area contributed by atoms with E-state index in [4.69, 9.17) is 0 Å². The van der Waals surface area contributed by atoms with Gasteiger partial charge in [-0.25, -0.2) is 0 Å². The molecule has 2 aromatic carbocycles. The molecule has 0 aliphatic carbocycles. The van der Waals surface area contributed by atoms with Crippen molar-refractivity contribution in [1.82, 2.24) is 4.90 Å². The molecule has 3 rings (SSSR count). The Labute approximate surface area is 177 Å². The van der Waals surface area contributed by atoms with Gasteiger partial charge < -0.3 is 15.1 Å². The molecule has 1 aliphatic rings. The summed E-state index contributed by atoms with van der Waals surface area (Å²) in [6, 6.07) is 14.7. The SMILES string of the molecule is CC[C@H](C)c1ccccc1N1C[C@@H](C(=O)Nc2ccc(C(=O)N(C)C)cc2)CC1=O. The van der Waals surface area contributed by atoms with Crippen LogP contribution in [0.15, 0.2) is 48.5 Å². The summed E-state index contributed by atoms with van der Waals surface area (Å²) in [4.78, 5) is 40.7. The van der Waals surface area contributed by atoms with E-state index in [1.165, 1.54) is 4.90 Å². The Kier molecular flexibility index (Phi) is 6.55. The van der Waals surface area contributed by atoms with Gasteiger partial charge in [0.15, 0.2) is 0 Å². The average Bonchev–Trinajstić information content (AvgIpc) is 3.14. The van der Waals surface area contributed by atoms with Gasteiger partial charge in [-0.3, -0.25) is 14.4 Å². The number of benzene rings is 2. The highest BCUT2D eigenvalue weighted by Gasteiger charge is 2.36. The van der Waals surface area contributed by atoms with Gasteiger partial charge in [-0.05, 0) is 48.2 Å². The van der Waals surface area contributed by atoms with Crippen molar-refractivity contribution in [2.24, 2.45) is 5.92 Å². The molecular weight excluding hydrogens is 378 g/mol. The maximum Gasteiger partial charge on any atom is 0.253 e. The lowest BCUT2D eigenvalue weighted by atomic mass is 9.96. The highest BCUT2D eigenvalue weighted by atomic mass is 16.2. The van der Waals surface area contributed by atoms with E-state index in [1.807, 2.05) is 18.2 Å². The predicted molar refractivity (Wildman–Crippen MR) is 119 cm³/mol. The quantitative estimate of drug-likeness (QED) is 0.790. The number of para-hydroxylation sites is 1. The fourth-order valence-corrected chi connectivity index (χ4v) is 3.68. The third-order valence-electron chi connectivity index (χ3n) is 5.67. The minimum absolute atomic E-state index is 0.0298. The summed E-state index contributed by atoms with van der Waals surface area (Å²) in [7, 11) is 3.39. The first-order chi connectivity index (χ1) is 14.3. The smallest absolute Gasteiger partial charge is 0.253 e. The van der Waals surface area contributed by atoms with Crippen LogP contribution in [0, 0.1) is 5.92 Å². The Morgan fingerprint density at radius 2 is 1.80 bits per heavy atom. The Hall–Kier alpha value is -3.15. The molecule has 158 valence electrons. The maximum atomic E-state index is 12.8. The molecule has 1 N–H and O–H groups in total. The number of anilines is 2. The van der Waals surface area contributed by atoms with E-state index in [2.05, 4.69) is 25.2 Å². The van der Waals surface area contributed by atoms with E-state index < -0.39 is 5.92 Å². The van der Waals surface area contributed by atoms with Crippen LogP contribution >= 0.6 is 0 Å². The van der Waals surface area contributed by atoms with Crippen LogP contribution in [-0.4, -0.2) is 43.3 Å². The predicted octanol–water partition coefficient (Wildman–Crippen LogP) is 3.89. The number of hydrogen-bond donors (Lipinski definition) is 1. The topological polar surface area (TPSA) is 69.7 Å². The second kappa shape index (κ2) is 9.11. The first kappa shape index (κ1) is 21.6. The minimum atomic E-state index is -0.412. The molecule has 0 saturated carbocycles. The third-order valence-corrected chi connectivity index (χ3v) is 5.67. The molecule has 6 nitrogen and oxygen atoms in total. The summed E-state index contributed by atoms with van der Waals surface area (Å²) >= 11 is 0. The number of rotatable bonds is 6. The van der Waals surface area contributed by atoms with Gasteiger partial charge in [0.2, 0.25) is 11.8 Å². The summed E-state index contributed by atoms with van der Waals surface area (Å²) in [5.41, 5.74) is 3.21. The lowest BCUT2D eigenvalue weighted by Gasteiger charge is -2.23. The average molecular weight is 408 g/mol. The summed E-state index contributed by atoms with van der Waals surface area (Å²) in [5, 5.41) is 2.88. The molecule has 3 amide bonds. The molecule has 0 aromatic heterocycles. The molecule has 1 fully saturated rings. The zero-order valence-corrected chi connectivity index (χ0v) is 18.0. The monoisotopic (exact) mass is 407 g/mol. The number of carbonyl (C=O) groups is 3. The molecule has 2 aromatic rings. The summed E-state index contributed by atoms with van der Waals surface area (Å²) in [6.07, 6.45) is 1.17. The lowest BCUT2D eigenvalue weighted by molar-refractivity contribution is -0.122. The van der Waals surface area contributed by atoms with Gasteiger partial charge in [-0.1, -0.05) is 32.0 Å². The van der Waals surface area contributed by atoms with E-state index in [0.717, 1.165) is 17.7 Å². The number of hydrogen-bond acceptors (Lipinski definition) is 3. The highest BCUT2D eigenvalue weighted by Crippen LogP contribution is 2.33. The first-order valence-corrected chi connectivity index (χ1v) is 10.3. The number of amides is 3. The summed E-state index contributed by atoms with van der Waals surface area (Å²) < 4.78 is 0. The number of nitrogens with zero attached hydrogens (tertiary/aromatic N) is 2. The number of nitrogens with one attached hydrogen (secondary N) is 1. The lowest BCUT2D eigenvalue weighted by Crippen LogP contribution is -2.29. The van der Waals surface area contributed by atoms with Gasteiger partial charge in [0.25, 0.3) is 5.91 Å². The molecule has 0 spiro atoms. The van der Waals surface area contributed by atoms with Crippen molar-refractivity contribution in [2.75, 3.05) is 30.9 Å². The van der Waals surface area contributed by atoms with E-state index >= 15 is 0 Å². The molecule has 1 aliphatic heterocycles. The molecule has 2 atom stereocenters. The Morgan fingerprint density at radius 1 is 1.13 bits per heavy atom. The summed E-state index contributed by atoms with van der Waals surface area (Å²) in [5.74, 6) is -0.378. The van der Waals surface area contributed by atoms with Crippen LogP contribution in [0.1, 0.15) is 48.5 Å². The van der Waals surface area contributed by atoms with E-state index in [0.29, 0.717) is 23.7 Å². The van der Waals surface area contributed by atoms with Gasteiger partial charge in [-0.15, -0.1) is 0 Å². The fraction of sp³-hybridized carbons (Fsp3) is 0.375. The van der Waals surface area contributed by atoms with Gasteiger partial charge in [0, 0.05) is 44.0 Å². The van der Waals surface area contributed by atoms with Gasteiger partial charge in [-0.2, -0.15) is 0 Å². The largest absolute Gasteiger partial charge is 0.345 e. The molecule has 1 heterocycles. The van der Waals surface area contributed by atoms with Crippen molar-refractivity contribution in [1.29, 1.82) is 0 Å². The fourth-order valence-electron chi connectivity index (χ4n) is 3.68. The van der Waals surface area contributed by atoms with Crippen molar-refractivity contribution < 1.29 is 14.4 Å². The van der Waals surface area contributed by atoms with E-state index in [-0.39, 0.29) is 24.1 Å². The third kappa shape index (κ3) is 4.53. The van der Waals surface area contributed by atoms with Gasteiger partial charge in [0.1, 0.15) is 0 Å². The molecule has 1 saturated heterocycles. The Bertz CT molecular complexity index is 937. The van der Waals surface area contributed by atoms with Gasteiger partial charge >= 0.3 is 0 Å². The van der Waals surface area contributed by atoms with Crippen LogP contribution in [0.5, 0.6) is 0 Å². The zero-order valence-electron chi connectivity index (χ0n) is 18.0. The molecular formula is C24H29N3O3. The molecule has 0 unspecified atom stereocenters. The maximum absolute atomic E-state index is 12.8. The highest BCUT2D eigenvalue weighted by molar-refractivity contribution is 6.04. The van der Waals surface area contributed by atoms with Crippen LogP contribution in [0.2, 0.25) is 0 Å². The Morgan fingerprint density at radius 3 is 2.43 bits per heavy atom. The number of carbonyl (C=O) groups excluding carboxylic acids is 3. The van der Waals surface area contributed by atoms with Crippen LogP contribution in [0.4, 0.5) is 11.4 Å². The van der Waals surface area contributed by atoms with Crippen LogP contribution in [0.25, 0.3) is 0 Å². The van der Waals surface area contributed by atoms with Gasteiger partial charge in [0.05, 0.1) is 5.92 Å². The second-order valence-corrected chi connectivity index (χ2v) is 8.04. The molecule has 6 heteroatoms. The molecule has 30 heavy (non-hydrogen) atoms. The Balaban J connectivity index is 1.70. The van der Waals surface area contributed by atoms with Crippen molar-refractivity contribution in [3.05, 3.63) is 59.7 Å². The second-order valence-electron chi connectivity index (χ2n) is 8.04. The van der Waals surface area contributed by atoms with Crippen LogP contribution < -0.4 is 10.2 Å². The zero-order chi connectivity index (χ0) is 21.8. The van der Waals surface area contributed by atoms with Crippen molar-refractivity contribution in [2.45, 2.75) is 32.6 Å². The van der Waals surface area contributed by atoms with Crippen LogP contribution in [0.3, 0.4) is 0 Å². The summed E-state index contributed by atoms with van der Waals surface area (Å²) in [6.45, 7) is 4.64. The van der Waals surface area contributed by atoms with E-state index in [1.54, 1.807) is 43.3 Å². The van der Waals surface area contributed by atoms with E-state index in [9.17, 15) is 14.4 Å². The molecule has 0 radical (unpaired) electrons. The van der Waals surface area contributed by atoms with Crippen LogP contribution in [-0.2, 0) is 9.59 Å². The minimum Gasteiger partial charge on any atom is -0.345 e. The standard InChI is InChI=1S/C24H29N3O3/c1-5-16(2)20-8-6-7-9-21(20)27-15-18(14-22(27)28)23(29)25-19-12-10-17(11-13-19)24(30)26(3)4/h6-13,16,18H,5,14-15H2,1-4H3,(H,25,29)/t16-,18-/m0/s1. The molecule has 0 bridgehead atoms. The first-order valence-electron chi connectivity index (χ1n) is 10.3. The normalized spacial score (nSPS) is 17.0. The van der Waals surface area contributed by atoms with Crippen molar-refractivity contribution in [3.63, 3.8) is 0 Å². The van der Waals surface area contributed by atoms with Crippen molar-refractivity contribution in [3.8, 4) is 0 Å².